The van der Waals surface area contributed by atoms with E-state index in [0.29, 0.717) is 6.42 Å². The van der Waals surface area contributed by atoms with Gasteiger partial charge >= 0.3 is 0 Å². The highest BCUT2D eigenvalue weighted by Gasteiger charge is 2.36. The summed E-state index contributed by atoms with van der Waals surface area (Å²) in [7, 11) is 1.66. The number of carbonyl (C=O) groups excluding carboxylic acids is 1. The molecule has 0 bridgehead atoms. The lowest BCUT2D eigenvalue weighted by Gasteiger charge is -2.30. The van der Waals surface area contributed by atoms with Gasteiger partial charge in [-0.25, -0.2) is 0 Å². The largest absolute Gasteiger partial charge is 0.496 e. The quantitative estimate of drug-likeness (QED) is 0.403. The number of allylic oxidation sites excluding steroid dienone is 1. The monoisotopic (exact) mass is 502 g/mol. The van der Waals surface area contributed by atoms with E-state index in [1.54, 1.807) is 7.11 Å². The Labute approximate surface area is 203 Å². The fraction of sp³-hybridized carbons (Fsp3) is 0.250. The Bertz CT molecular complexity index is 1230. The fourth-order valence-electron chi connectivity index (χ4n) is 4.87. The van der Waals surface area contributed by atoms with Crippen molar-refractivity contribution in [2.24, 2.45) is 0 Å². The van der Waals surface area contributed by atoms with Crippen molar-refractivity contribution in [3.8, 4) is 5.75 Å². The minimum Gasteiger partial charge on any atom is -0.496 e. The van der Waals surface area contributed by atoms with Crippen LogP contribution in [-0.4, -0.2) is 12.9 Å². The molecule has 1 aliphatic heterocycles. The lowest BCUT2D eigenvalue weighted by atomic mass is 9.78. The topological polar surface area (TPSA) is 50.4 Å². The number of hydrogen-bond acceptors (Lipinski definition) is 4. The van der Waals surface area contributed by atoms with Crippen LogP contribution in [0.15, 0.2) is 82.5 Å². The first-order chi connectivity index (χ1) is 16.1. The van der Waals surface area contributed by atoms with Gasteiger partial charge in [-0.2, -0.15) is 0 Å². The van der Waals surface area contributed by atoms with Gasteiger partial charge in [-0.05, 0) is 75.6 Å². The van der Waals surface area contributed by atoms with Gasteiger partial charge in [-0.1, -0.05) is 49.4 Å². The lowest BCUT2D eigenvalue weighted by molar-refractivity contribution is -0.116. The molecule has 1 heterocycles. The van der Waals surface area contributed by atoms with E-state index in [2.05, 4.69) is 69.9 Å². The predicted octanol–water partition coefficient (Wildman–Crippen LogP) is 7.00. The zero-order chi connectivity index (χ0) is 22.9. The van der Waals surface area contributed by atoms with Gasteiger partial charge in [0.1, 0.15) is 5.75 Å². The number of Topliss-reactive ketones (excluding diaryl/α,β-unsaturated/α-hetero) is 1. The number of hydrogen-bond donors (Lipinski definition) is 2. The van der Waals surface area contributed by atoms with Gasteiger partial charge in [-0.3, -0.25) is 4.79 Å². The molecule has 0 amide bonds. The van der Waals surface area contributed by atoms with E-state index >= 15 is 0 Å². The second kappa shape index (κ2) is 9.06. The van der Waals surface area contributed by atoms with Gasteiger partial charge in [0, 0.05) is 17.7 Å². The summed E-state index contributed by atoms with van der Waals surface area (Å²) < 4.78 is 6.29. The molecule has 0 fully saturated rings. The van der Waals surface area contributed by atoms with E-state index in [0.717, 1.165) is 51.3 Å². The van der Waals surface area contributed by atoms with Crippen LogP contribution in [0, 0.1) is 0 Å². The van der Waals surface area contributed by atoms with E-state index in [9.17, 15) is 4.79 Å². The maximum atomic E-state index is 13.7. The van der Waals surface area contributed by atoms with Gasteiger partial charge in [0.15, 0.2) is 5.78 Å². The molecule has 2 N–H and O–H groups in total. The van der Waals surface area contributed by atoms with Gasteiger partial charge in [0.2, 0.25) is 0 Å². The highest BCUT2D eigenvalue weighted by Crippen LogP contribution is 2.45. The van der Waals surface area contributed by atoms with E-state index in [4.69, 9.17) is 4.74 Å². The van der Waals surface area contributed by atoms with Gasteiger partial charge in [0.25, 0.3) is 0 Å². The van der Waals surface area contributed by atoms with Crippen molar-refractivity contribution in [2.45, 2.75) is 38.1 Å². The van der Waals surface area contributed by atoms with Crippen molar-refractivity contribution in [3.63, 3.8) is 0 Å². The fourth-order valence-corrected chi connectivity index (χ4v) is 5.42. The van der Waals surface area contributed by atoms with Gasteiger partial charge in [0.05, 0.1) is 29.0 Å². The van der Waals surface area contributed by atoms with Crippen LogP contribution in [0.25, 0.3) is 0 Å². The van der Waals surface area contributed by atoms with Crippen LogP contribution in [0.4, 0.5) is 11.4 Å². The van der Waals surface area contributed by atoms with E-state index < -0.39 is 0 Å². The normalized spacial score (nSPS) is 19.7. The van der Waals surface area contributed by atoms with Gasteiger partial charge in [-0.15, -0.1) is 0 Å². The number of ether oxygens (including phenoxy) is 1. The Morgan fingerprint density at radius 2 is 1.70 bits per heavy atom. The zero-order valence-electron chi connectivity index (χ0n) is 18.8. The van der Waals surface area contributed by atoms with Crippen LogP contribution in [-0.2, 0) is 11.2 Å². The first-order valence-corrected chi connectivity index (χ1v) is 12.2. The highest BCUT2D eigenvalue weighted by molar-refractivity contribution is 9.10. The molecule has 5 rings (SSSR count). The molecule has 5 heteroatoms. The van der Waals surface area contributed by atoms with Crippen LogP contribution in [0.3, 0.4) is 0 Å². The smallest absolute Gasteiger partial charge is 0.163 e. The molecule has 0 aromatic heterocycles. The van der Waals surface area contributed by atoms with Gasteiger partial charge < -0.3 is 15.4 Å². The molecule has 4 nitrogen and oxygen atoms in total. The number of fused-ring (bicyclic) bond motifs is 1. The highest BCUT2D eigenvalue weighted by atomic mass is 79.9. The second-order valence-corrected chi connectivity index (χ2v) is 9.51. The SMILES string of the molecule is CCc1ccc(C2CC(=O)C3=C(C2)Nc2ccccc2NC3c2ccc(OC)c(Br)c2)cc1. The molecule has 2 atom stereocenters. The van der Waals surface area contributed by atoms with Crippen molar-refractivity contribution in [1.29, 1.82) is 0 Å². The number of halogens is 1. The van der Waals surface area contributed by atoms with Crippen molar-refractivity contribution in [2.75, 3.05) is 17.7 Å². The number of ketones is 1. The number of nitrogens with one attached hydrogen (secondary N) is 2. The average molecular weight is 503 g/mol. The third kappa shape index (κ3) is 4.18. The maximum absolute atomic E-state index is 13.7. The Balaban J connectivity index is 1.58. The zero-order valence-corrected chi connectivity index (χ0v) is 20.4. The minimum absolute atomic E-state index is 0.170. The van der Waals surface area contributed by atoms with Crippen molar-refractivity contribution >= 4 is 33.1 Å². The first-order valence-electron chi connectivity index (χ1n) is 11.4. The summed E-state index contributed by atoms with van der Waals surface area (Å²) in [5.74, 6) is 1.12. The Morgan fingerprint density at radius 1 is 0.970 bits per heavy atom. The Hall–Kier alpha value is -3.05. The first kappa shape index (κ1) is 21.8. The van der Waals surface area contributed by atoms with Crippen LogP contribution < -0.4 is 15.4 Å². The number of carbonyl (C=O) groups is 1. The molecular formula is C28H27BrN2O2. The van der Waals surface area contributed by atoms with Crippen molar-refractivity contribution in [1.82, 2.24) is 0 Å². The summed E-state index contributed by atoms with van der Waals surface area (Å²) >= 11 is 3.61. The number of aryl methyl sites for hydroxylation is 1. The molecule has 0 saturated carbocycles. The number of para-hydroxylation sites is 2. The third-order valence-corrected chi connectivity index (χ3v) is 7.30. The standard InChI is InChI=1S/C28H27BrN2O2/c1-3-17-8-10-18(11-9-17)20-15-24-27(25(32)16-20)28(19-12-13-26(33-2)21(29)14-19)31-23-7-5-4-6-22(23)30-24/h4-14,20,28,30-31H,3,15-16H2,1-2H3. The molecular weight excluding hydrogens is 476 g/mol. The summed E-state index contributed by atoms with van der Waals surface area (Å²) in [6, 6.07) is 22.6. The molecule has 3 aromatic carbocycles. The van der Waals surface area contributed by atoms with Crippen molar-refractivity contribution in [3.05, 3.63) is 99.2 Å². The molecule has 2 unspecified atom stereocenters. The van der Waals surface area contributed by atoms with Crippen LogP contribution in [0.2, 0.25) is 0 Å². The Morgan fingerprint density at radius 3 is 2.39 bits per heavy atom. The summed E-state index contributed by atoms with van der Waals surface area (Å²) in [5, 5.41) is 7.25. The summed E-state index contributed by atoms with van der Waals surface area (Å²) in [6.45, 7) is 2.16. The van der Waals surface area contributed by atoms with Crippen LogP contribution >= 0.6 is 15.9 Å². The summed E-state index contributed by atoms with van der Waals surface area (Å²) in [4.78, 5) is 13.7. The molecule has 168 valence electrons. The molecule has 1 aliphatic carbocycles. The molecule has 0 saturated heterocycles. The van der Waals surface area contributed by atoms with Crippen molar-refractivity contribution < 1.29 is 9.53 Å². The molecule has 3 aromatic rings. The lowest BCUT2D eigenvalue weighted by Crippen LogP contribution is -2.26. The molecule has 0 spiro atoms. The molecule has 2 aliphatic rings. The Kier molecular flexibility index (Phi) is 5.98. The summed E-state index contributed by atoms with van der Waals surface area (Å²) in [5.41, 5.74) is 7.37. The number of methoxy groups -OCH3 is 1. The second-order valence-electron chi connectivity index (χ2n) is 8.66. The maximum Gasteiger partial charge on any atom is 0.163 e. The minimum atomic E-state index is -0.241. The number of anilines is 2. The third-order valence-electron chi connectivity index (χ3n) is 6.68. The van der Waals surface area contributed by atoms with E-state index in [1.807, 2.05) is 30.3 Å². The summed E-state index contributed by atoms with van der Waals surface area (Å²) in [6.07, 6.45) is 2.33. The van der Waals surface area contributed by atoms with E-state index in [1.165, 1.54) is 11.1 Å². The van der Waals surface area contributed by atoms with Crippen LogP contribution in [0.1, 0.15) is 48.4 Å². The molecule has 0 radical (unpaired) electrons. The predicted molar refractivity (Wildman–Crippen MR) is 137 cm³/mol. The van der Waals surface area contributed by atoms with E-state index in [-0.39, 0.29) is 17.7 Å². The molecule has 33 heavy (non-hydrogen) atoms. The average Bonchev–Trinajstić information content (AvgIpc) is 3.01. The van der Waals surface area contributed by atoms with Crippen LogP contribution in [0.5, 0.6) is 5.75 Å². The number of rotatable bonds is 4. The number of benzene rings is 3.